The van der Waals surface area contributed by atoms with Crippen LogP contribution in [0.25, 0.3) is 0 Å². The smallest absolute Gasteiger partial charge is 0.243 e. The number of amides is 1. The number of aromatic nitrogens is 2. The summed E-state index contributed by atoms with van der Waals surface area (Å²) in [5.41, 5.74) is 2.81. The van der Waals surface area contributed by atoms with Crippen molar-refractivity contribution < 1.29 is 18.0 Å². The lowest BCUT2D eigenvalue weighted by molar-refractivity contribution is -0.120. The highest BCUT2D eigenvalue weighted by molar-refractivity contribution is 7.89. The monoisotopic (exact) mass is 480 g/mol. The van der Waals surface area contributed by atoms with Gasteiger partial charge in [-0.25, -0.2) is 13.4 Å². The molecular formula is C25H28N4O4S. The Bertz CT molecular complexity index is 1320. The largest absolute Gasteiger partial charge is 0.331 e. The summed E-state index contributed by atoms with van der Waals surface area (Å²) in [6.45, 7) is 4.32. The molecule has 8 nitrogen and oxygen atoms in total. The van der Waals surface area contributed by atoms with Gasteiger partial charge in [-0.1, -0.05) is 17.7 Å². The zero-order valence-electron chi connectivity index (χ0n) is 19.5. The molecule has 0 saturated carbocycles. The van der Waals surface area contributed by atoms with Crippen LogP contribution in [0.2, 0.25) is 0 Å². The molecule has 1 aromatic heterocycles. The Morgan fingerprint density at radius 3 is 2.29 bits per heavy atom. The highest BCUT2D eigenvalue weighted by Gasteiger charge is 2.32. The lowest BCUT2D eigenvalue weighted by Gasteiger charge is -2.31. The number of carbonyl (C=O) groups is 2. The first-order valence-corrected chi connectivity index (χ1v) is 12.6. The number of benzene rings is 2. The van der Waals surface area contributed by atoms with Crippen molar-refractivity contribution >= 4 is 27.4 Å². The Labute approximate surface area is 199 Å². The molecule has 1 fully saturated rings. The number of imidazole rings is 1. The van der Waals surface area contributed by atoms with E-state index in [1.54, 1.807) is 67.3 Å². The van der Waals surface area contributed by atoms with E-state index in [-0.39, 0.29) is 17.6 Å². The van der Waals surface area contributed by atoms with Gasteiger partial charge in [0.1, 0.15) is 0 Å². The number of aryl methyl sites for hydroxylation is 3. The fraction of sp³-hybridized carbons (Fsp3) is 0.320. The fourth-order valence-electron chi connectivity index (χ4n) is 4.25. The summed E-state index contributed by atoms with van der Waals surface area (Å²) < 4.78 is 29.3. The molecule has 0 bridgehead atoms. The van der Waals surface area contributed by atoms with Gasteiger partial charge in [-0.3, -0.25) is 9.59 Å². The second-order valence-corrected chi connectivity index (χ2v) is 10.6. The van der Waals surface area contributed by atoms with Gasteiger partial charge >= 0.3 is 0 Å². The van der Waals surface area contributed by atoms with Gasteiger partial charge in [0.15, 0.2) is 5.82 Å². The summed E-state index contributed by atoms with van der Waals surface area (Å²) in [5.74, 6) is -0.270. The van der Waals surface area contributed by atoms with E-state index in [0.29, 0.717) is 47.9 Å². The molecule has 0 aliphatic carbocycles. The number of piperidine rings is 1. The van der Waals surface area contributed by atoms with E-state index in [9.17, 15) is 18.0 Å². The first-order valence-electron chi connectivity index (χ1n) is 11.2. The van der Waals surface area contributed by atoms with E-state index >= 15 is 0 Å². The van der Waals surface area contributed by atoms with Gasteiger partial charge in [0, 0.05) is 49.7 Å². The molecule has 2 heterocycles. The Morgan fingerprint density at radius 2 is 1.71 bits per heavy atom. The molecule has 1 aliphatic heterocycles. The van der Waals surface area contributed by atoms with Crippen LogP contribution in [0.1, 0.15) is 40.2 Å². The molecule has 1 N–H and O–H groups in total. The number of hydrogen-bond donors (Lipinski definition) is 1. The van der Waals surface area contributed by atoms with Gasteiger partial charge in [-0.15, -0.1) is 0 Å². The average molecular weight is 481 g/mol. The fourth-order valence-corrected chi connectivity index (χ4v) is 5.92. The number of nitrogens with one attached hydrogen (secondary N) is 1. The lowest BCUT2D eigenvalue weighted by Crippen LogP contribution is -2.41. The normalized spacial score (nSPS) is 15.3. The predicted octanol–water partition coefficient (Wildman–Crippen LogP) is 3.31. The third kappa shape index (κ3) is 4.80. The van der Waals surface area contributed by atoms with Crippen LogP contribution in [0.5, 0.6) is 0 Å². The number of ketones is 1. The van der Waals surface area contributed by atoms with Gasteiger partial charge in [-0.05, 0) is 62.6 Å². The molecule has 178 valence electrons. The van der Waals surface area contributed by atoms with Crippen molar-refractivity contribution in [2.45, 2.75) is 31.6 Å². The molecule has 1 saturated heterocycles. The van der Waals surface area contributed by atoms with E-state index in [1.165, 1.54) is 4.31 Å². The maximum Gasteiger partial charge on any atom is 0.243 e. The summed E-state index contributed by atoms with van der Waals surface area (Å²) >= 11 is 0. The summed E-state index contributed by atoms with van der Waals surface area (Å²) in [7, 11) is -1.83. The maximum absolute atomic E-state index is 13.1. The van der Waals surface area contributed by atoms with Crippen molar-refractivity contribution in [3.63, 3.8) is 0 Å². The van der Waals surface area contributed by atoms with Crippen molar-refractivity contribution in [3.8, 4) is 0 Å². The van der Waals surface area contributed by atoms with Crippen LogP contribution >= 0.6 is 0 Å². The number of sulfonamides is 1. The minimum Gasteiger partial charge on any atom is -0.331 e. The van der Waals surface area contributed by atoms with Crippen LogP contribution < -0.4 is 5.32 Å². The van der Waals surface area contributed by atoms with Crippen molar-refractivity contribution in [1.82, 2.24) is 13.9 Å². The molecule has 0 atom stereocenters. The SMILES string of the molecule is Cc1ccc(S(=O)(=O)N2CCC(C(=O)Nc3ccc(C(=O)c4nccn4C)cc3)CC2)c(C)c1. The third-order valence-electron chi connectivity index (χ3n) is 6.21. The van der Waals surface area contributed by atoms with Gasteiger partial charge in [0.2, 0.25) is 21.7 Å². The van der Waals surface area contributed by atoms with Crippen molar-refractivity contribution in [2.24, 2.45) is 13.0 Å². The Morgan fingerprint density at radius 1 is 1.03 bits per heavy atom. The Kier molecular flexibility index (Phi) is 6.67. The number of carbonyl (C=O) groups excluding carboxylic acids is 2. The minimum absolute atomic E-state index is 0.147. The minimum atomic E-state index is -3.59. The van der Waals surface area contributed by atoms with Crippen LogP contribution in [0.3, 0.4) is 0 Å². The molecule has 1 aliphatic rings. The molecule has 0 spiro atoms. The summed E-state index contributed by atoms with van der Waals surface area (Å²) in [6, 6.07) is 12.0. The Balaban J connectivity index is 1.36. The predicted molar refractivity (Wildman–Crippen MR) is 129 cm³/mol. The van der Waals surface area contributed by atoms with Crippen molar-refractivity contribution in [2.75, 3.05) is 18.4 Å². The number of nitrogens with zero attached hydrogens (tertiary/aromatic N) is 3. The Hall–Kier alpha value is -3.30. The lowest BCUT2D eigenvalue weighted by atomic mass is 9.97. The molecule has 1 amide bonds. The maximum atomic E-state index is 13.1. The van der Waals surface area contributed by atoms with Crippen molar-refractivity contribution in [1.29, 1.82) is 0 Å². The zero-order chi connectivity index (χ0) is 24.5. The molecule has 0 radical (unpaired) electrons. The summed E-state index contributed by atoms with van der Waals surface area (Å²) in [6.07, 6.45) is 4.18. The van der Waals surface area contributed by atoms with E-state index in [2.05, 4.69) is 10.3 Å². The molecule has 3 aromatic rings. The van der Waals surface area contributed by atoms with Crippen LogP contribution in [0.4, 0.5) is 5.69 Å². The highest BCUT2D eigenvalue weighted by atomic mass is 32.2. The van der Waals surface area contributed by atoms with Gasteiger partial charge in [-0.2, -0.15) is 4.31 Å². The summed E-state index contributed by atoms with van der Waals surface area (Å²) in [4.78, 5) is 29.7. The van der Waals surface area contributed by atoms with E-state index in [1.807, 2.05) is 13.0 Å². The van der Waals surface area contributed by atoms with Crippen LogP contribution in [-0.2, 0) is 21.9 Å². The first kappa shape index (κ1) is 23.8. The van der Waals surface area contributed by atoms with Crippen molar-refractivity contribution in [3.05, 3.63) is 77.4 Å². The number of rotatable bonds is 6. The number of hydrogen-bond acceptors (Lipinski definition) is 5. The molecule has 0 unspecified atom stereocenters. The summed E-state index contributed by atoms with van der Waals surface area (Å²) in [5, 5.41) is 2.89. The van der Waals surface area contributed by atoms with Crippen LogP contribution in [0.15, 0.2) is 59.8 Å². The van der Waals surface area contributed by atoms with E-state index in [0.717, 1.165) is 11.1 Å². The molecule has 34 heavy (non-hydrogen) atoms. The van der Waals surface area contributed by atoms with Gasteiger partial charge in [0.05, 0.1) is 4.90 Å². The second kappa shape index (κ2) is 9.52. The molecule has 2 aromatic carbocycles. The highest BCUT2D eigenvalue weighted by Crippen LogP contribution is 2.27. The van der Waals surface area contributed by atoms with Crippen LogP contribution in [-0.4, -0.2) is 47.1 Å². The molecule has 4 rings (SSSR count). The third-order valence-corrected chi connectivity index (χ3v) is 8.27. The quantitative estimate of drug-likeness (QED) is 0.546. The molecule has 9 heteroatoms. The zero-order valence-corrected chi connectivity index (χ0v) is 20.3. The van der Waals surface area contributed by atoms with E-state index < -0.39 is 10.0 Å². The van der Waals surface area contributed by atoms with Gasteiger partial charge in [0.25, 0.3) is 0 Å². The molecular weight excluding hydrogens is 452 g/mol. The average Bonchev–Trinajstić information content (AvgIpc) is 3.24. The number of anilines is 1. The van der Waals surface area contributed by atoms with Gasteiger partial charge < -0.3 is 9.88 Å². The first-order chi connectivity index (χ1) is 16.2. The van der Waals surface area contributed by atoms with E-state index in [4.69, 9.17) is 0 Å². The van der Waals surface area contributed by atoms with Crippen LogP contribution in [0, 0.1) is 19.8 Å². The topological polar surface area (TPSA) is 101 Å². The second-order valence-electron chi connectivity index (χ2n) is 8.70. The standard InChI is InChI=1S/C25H28N4O4S/c1-17-4-9-22(18(2)16-17)34(32,33)29-13-10-20(11-14-29)25(31)27-21-7-5-19(6-8-21)23(30)24-26-12-15-28(24)3/h4-9,12,15-16,20H,10-11,13-14H2,1-3H3,(H,27,31).